The Balaban J connectivity index is 1.44. The monoisotopic (exact) mass is 409 g/mol. The molecule has 30 heavy (non-hydrogen) atoms. The summed E-state index contributed by atoms with van der Waals surface area (Å²) >= 11 is 0. The lowest BCUT2D eigenvalue weighted by atomic mass is 9.49. The fourth-order valence-corrected chi connectivity index (χ4v) is 6.72. The van der Waals surface area contributed by atoms with Crippen LogP contribution in [0.4, 0.5) is 0 Å². The molecule has 4 aliphatic carbocycles. The van der Waals surface area contributed by atoms with Crippen molar-refractivity contribution in [1.82, 2.24) is 14.7 Å². The largest absolute Gasteiger partial charge is 0.369 e. The molecule has 2 heterocycles. The molecule has 0 atom stereocenters. The van der Waals surface area contributed by atoms with E-state index in [0.29, 0.717) is 17.9 Å². The standard InChI is InChI=1S/C22H27N5O3/c23-17(28)7-16-19(20(24)29)26-18-3-1-2-15(27(16)18)21(30)25-11-22-8-12-4-13(9-22)6-14(5-12)10-22/h1-3,12-14H,4-11H2,(H2,23,28)(H2,24,29)(H,25,30). The zero-order valence-electron chi connectivity index (χ0n) is 16.9. The summed E-state index contributed by atoms with van der Waals surface area (Å²) in [6.07, 6.45) is 7.45. The fraction of sp³-hybridized carbons (Fsp3) is 0.545. The van der Waals surface area contributed by atoms with Crippen LogP contribution < -0.4 is 16.8 Å². The van der Waals surface area contributed by atoms with E-state index in [9.17, 15) is 14.4 Å². The fourth-order valence-electron chi connectivity index (χ4n) is 6.72. The van der Waals surface area contributed by atoms with Gasteiger partial charge in [0.2, 0.25) is 5.91 Å². The maximum Gasteiger partial charge on any atom is 0.269 e. The topological polar surface area (TPSA) is 133 Å². The number of pyridine rings is 1. The number of hydrogen-bond donors (Lipinski definition) is 3. The van der Waals surface area contributed by atoms with Gasteiger partial charge < -0.3 is 16.8 Å². The Morgan fingerprint density at radius 1 is 1.07 bits per heavy atom. The smallest absolute Gasteiger partial charge is 0.269 e. The molecule has 4 fully saturated rings. The van der Waals surface area contributed by atoms with Gasteiger partial charge in [-0.1, -0.05) is 6.07 Å². The molecule has 0 spiro atoms. The van der Waals surface area contributed by atoms with E-state index in [1.54, 1.807) is 18.2 Å². The van der Waals surface area contributed by atoms with Crippen LogP contribution in [0.1, 0.15) is 65.2 Å². The van der Waals surface area contributed by atoms with Crippen molar-refractivity contribution >= 4 is 23.4 Å². The van der Waals surface area contributed by atoms with Crippen molar-refractivity contribution in [1.29, 1.82) is 0 Å². The third-order valence-corrected chi connectivity index (χ3v) is 7.34. The summed E-state index contributed by atoms with van der Waals surface area (Å²) in [7, 11) is 0. The van der Waals surface area contributed by atoms with Gasteiger partial charge >= 0.3 is 0 Å². The molecule has 0 radical (unpaired) electrons. The van der Waals surface area contributed by atoms with Crippen molar-refractivity contribution in [2.45, 2.75) is 44.9 Å². The van der Waals surface area contributed by atoms with Gasteiger partial charge in [0.25, 0.3) is 11.8 Å². The van der Waals surface area contributed by atoms with E-state index in [2.05, 4.69) is 10.3 Å². The van der Waals surface area contributed by atoms with E-state index in [0.717, 1.165) is 17.8 Å². The molecular weight excluding hydrogens is 382 g/mol. The molecule has 8 heteroatoms. The molecule has 0 saturated heterocycles. The Kier molecular flexibility index (Phi) is 4.34. The van der Waals surface area contributed by atoms with Gasteiger partial charge in [-0.2, -0.15) is 0 Å². The van der Waals surface area contributed by atoms with Gasteiger partial charge in [0.15, 0.2) is 5.69 Å². The van der Waals surface area contributed by atoms with Crippen molar-refractivity contribution in [2.75, 3.05) is 6.54 Å². The van der Waals surface area contributed by atoms with E-state index < -0.39 is 11.8 Å². The highest BCUT2D eigenvalue weighted by atomic mass is 16.2. The summed E-state index contributed by atoms with van der Waals surface area (Å²) in [6.45, 7) is 0.661. The van der Waals surface area contributed by atoms with Crippen LogP contribution in [0.5, 0.6) is 0 Å². The summed E-state index contributed by atoms with van der Waals surface area (Å²) in [6, 6.07) is 5.05. The van der Waals surface area contributed by atoms with Gasteiger partial charge in [-0.15, -0.1) is 0 Å². The zero-order chi connectivity index (χ0) is 21.0. The lowest BCUT2D eigenvalue weighted by Gasteiger charge is -2.56. The number of nitrogens with two attached hydrogens (primary N) is 2. The first-order chi connectivity index (χ1) is 14.3. The summed E-state index contributed by atoms with van der Waals surface area (Å²) in [5.74, 6) is 0.815. The predicted molar refractivity (Wildman–Crippen MR) is 110 cm³/mol. The third-order valence-electron chi connectivity index (χ3n) is 7.34. The summed E-state index contributed by atoms with van der Waals surface area (Å²) in [5.41, 5.74) is 12.0. The number of hydrogen-bond acceptors (Lipinski definition) is 4. The number of carbonyl (C=O) groups excluding carboxylic acids is 3. The van der Waals surface area contributed by atoms with E-state index in [-0.39, 0.29) is 29.1 Å². The average Bonchev–Trinajstić information content (AvgIpc) is 3.03. The first-order valence-electron chi connectivity index (χ1n) is 10.7. The molecule has 8 nitrogen and oxygen atoms in total. The zero-order valence-corrected chi connectivity index (χ0v) is 16.9. The second kappa shape index (κ2) is 6.82. The molecule has 0 aromatic carbocycles. The van der Waals surface area contributed by atoms with Crippen LogP contribution >= 0.6 is 0 Å². The van der Waals surface area contributed by atoms with Gasteiger partial charge in [0.1, 0.15) is 11.3 Å². The molecule has 4 bridgehead atoms. The second-order valence-electron chi connectivity index (χ2n) is 9.62. The number of nitrogens with one attached hydrogen (secondary N) is 1. The molecule has 4 aliphatic rings. The van der Waals surface area contributed by atoms with Crippen LogP contribution in [0.2, 0.25) is 0 Å². The third kappa shape index (κ3) is 3.14. The number of rotatable bonds is 6. The molecule has 0 aliphatic heterocycles. The van der Waals surface area contributed by atoms with Gasteiger partial charge in [-0.25, -0.2) is 4.98 Å². The Morgan fingerprint density at radius 3 is 2.27 bits per heavy atom. The number of amides is 3. The van der Waals surface area contributed by atoms with Gasteiger partial charge in [0.05, 0.1) is 12.1 Å². The molecular formula is C22H27N5O3. The maximum atomic E-state index is 13.2. The van der Waals surface area contributed by atoms with Gasteiger partial charge in [-0.05, 0) is 73.8 Å². The molecule has 0 unspecified atom stereocenters. The van der Waals surface area contributed by atoms with Crippen LogP contribution in [0.3, 0.4) is 0 Å². The summed E-state index contributed by atoms with van der Waals surface area (Å²) in [5, 5.41) is 3.15. The highest BCUT2D eigenvalue weighted by Crippen LogP contribution is 2.59. The molecule has 2 aromatic heterocycles. The van der Waals surface area contributed by atoms with Crippen LogP contribution in [-0.4, -0.2) is 33.7 Å². The first kappa shape index (κ1) is 19.1. The van der Waals surface area contributed by atoms with Crippen molar-refractivity contribution in [3.63, 3.8) is 0 Å². The Bertz CT molecular complexity index is 1020. The highest BCUT2D eigenvalue weighted by Gasteiger charge is 2.50. The number of fused-ring (bicyclic) bond motifs is 1. The first-order valence-corrected chi connectivity index (χ1v) is 10.7. The SMILES string of the molecule is NC(=O)Cc1c(C(N)=O)nc2cccc(C(=O)NCC34CC5CC(CC(C5)C3)C4)n12. The molecule has 6 rings (SSSR count). The van der Waals surface area contributed by atoms with E-state index in [1.807, 2.05) is 0 Å². The maximum absolute atomic E-state index is 13.2. The lowest BCUT2D eigenvalue weighted by Crippen LogP contribution is -2.51. The summed E-state index contributed by atoms with van der Waals surface area (Å²) < 4.78 is 1.53. The molecule has 3 amide bonds. The molecule has 4 saturated carbocycles. The minimum Gasteiger partial charge on any atom is -0.369 e. The van der Waals surface area contributed by atoms with Crippen molar-refractivity contribution in [3.8, 4) is 0 Å². The molecule has 2 aromatic rings. The number of imidazole rings is 1. The Labute approximate surface area is 174 Å². The van der Waals surface area contributed by atoms with Crippen molar-refractivity contribution in [3.05, 3.63) is 35.3 Å². The normalized spacial score (nSPS) is 29.3. The molecule has 158 valence electrons. The van der Waals surface area contributed by atoms with E-state index in [1.165, 1.54) is 42.9 Å². The number of carbonyl (C=O) groups is 3. The minimum absolute atomic E-state index is 0.0323. The van der Waals surface area contributed by atoms with Crippen LogP contribution in [0, 0.1) is 23.2 Å². The van der Waals surface area contributed by atoms with Crippen LogP contribution in [0.25, 0.3) is 5.65 Å². The quantitative estimate of drug-likeness (QED) is 0.665. The van der Waals surface area contributed by atoms with Crippen LogP contribution in [0.15, 0.2) is 18.2 Å². The average molecular weight is 409 g/mol. The summed E-state index contributed by atoms with van der Waals surface area (Å²) in [4.78, 5) is 40.8. The van der Waals surface area contributed by atoms with E-state index in [4.69, 9.17) is 11.5 Å². The van der Waals surface area contributed by atoms with Crippen LogP contribution in [-0.2, 0) is 11.2 Å². The lowest BCUT2D eigenvalue weighted by molar-refractivity contribution is -0.117. The Hall–Kier alpha value is -2.90. The van der Waals surface area contributed by atoms with Gasteiger partial charge in [0, 0.05) is 6.54 Å². The number of primary amides is 2. The van der Waals surface area contributed by atoms with Gasteiger partial charge in [-0.3, -0.25) is 18.8 Å². The van der Waals surface area contributed by atoms with Crippen molar-refractivity contribution in [2.24, 2.45) is 34.6 Å². The predicted octanol–water partition coefficient (Wildman–Crippen LogP) is 1.41. The number of nitrogens with zero attached hydrogens (tertiary/aromatic N) is 2. The van der Waals surface area contributed by atoms with Crippen molar-refractivity contribution < 1.29 is 14.4 Å². The Morgan fingerprint density at radius 2 is 1.70 bits per heavy atom. The highest BCUT2D eigenvalue weighted by molar-refractivity contribution is 5.97. The second-order valence-corrected chi connectivity index (χ2v) is 9.62. The number of aromatic nitrogens is 2. The molecule has 5 N–H and O–H groups in total. The minimum atomic E-state index is -0.755. The van der Waals surface area contributed by atoms with E-state index >= 15 is 0 Å².